The van der Waals surface area contributed by atoms with Crippen molar-refractivity contribution in [3.05, 3.63) is 65.8 Å². The maximum Gasteiger partial charge on any atom is 0.335 e. The topological polar surface area (TPSA) is 76.2 Å². The Morgan fingerprint density at radius 3 is 2.90 bits per heavy atom. The number of hydrogen-bond donors (Lipinski definition) is 2. The number of aromatic nitrogens is 1. The number of nitrogens with two attached hydrogens (primary N) is 1. The van der Waals surface area contributed by atoms with Gasteiger partial charge >= 0.3 is 5.97 Å². The summed E-state index contributed by atoms with van der Waals surface area (Å²) in [6.07, 6.45) is 7.64. The highest BCUT2D eigenvalue weighted by Gasteiger charge is 2.08. The van der Waals surface area contributed by atoms with Gasteiger partial charge in [-0.3, -0.25) is 0 Å². The van der Waals surface area contributed by atoms with Gasteiger partial charge in [0.15, 0.2) is 0 Å². The maximum absolute atomic E-state index is 11.0. The fourth-order valence-corrected chi connectivity index (χ4v) is 2.34. The molecule has 0 bridgehead atoms. The molecule has 0 saturated heterocycles. The number of fused-ring (bicyclic) bond motifs is 1. The number of pyridine rings is 1. The molecule has 1 aromatic heterocycles. The predicted molar refractivity (Wildman–Crippen MR) is 83.6 cm³/mol. The molecule has 1 aliphatic carbocycles. The molecule has 0 amide bonds. The first-order valence-corrected chi connectivity index (χ1v) is 6.61. The van der Waals surface area contributed by atoms with Crippen LogP contribution in [0.4, 0.5) is 5.82 Å². The number of carbonyl (C=O) groups is 1. The molecule has 0 fully saturated rings. The highest BCUT2D eigenvalue weighted by atomic mass is 16.4. The zero-order valence-electron chi connectivity index (χ0n) is 11.3. The van der Waals surface area contributed by atoms with E-state index >= 15 is 0 Å². The molecule has 21 heavy (non-hydrogen) atoms. The van der Waals surface area contributed by atoms with Crippen LogP contribution in [0.5, 0.6) is 0 Å². The smallest absolute Gasteiger partial charge is 0.335 e. The van der Waals surface area contributed by atoms with Gasteiger partial charge in [0.05, 0.1) is 11.1 Å². The molecule has 0 spiro atoms. The lowest BCUT2D eigenvalue weighted by molar-refractivity contribution is -0.132. The van der Waals surface area contributed by atoms with E-state index in [0.29, 0.717) is 17.8 Å². The van der Waals surface area contributed by atoms with Crippen LogP contribution >= 0.6 is 0 Å². The highest BCUT2D eigenvalue weighted by Crippen LogP contribution is 2.25. The largest absolute Gasteiger partial charge is 0.478 e. The van der Waals surface area contributed by atoms with E-state index in [1.165, 1.54) is 0 Å². The van der Waals surface area contributed by atoms with E-state index in [1.54, 1.807) is 24.3 Å². The Kier molecular flexibility index (Phi) is 3.28. The van der Waals surface area contributed by atoms with E-state index in [9.17, 15) is 4.79 Å². The van der Waals surface area contributed by atoms with Crippen molar-refractivity contribution in [2.45, 2.75) is 6.42 Å². The van der Waals surface area contributed by atoms with E-state index < -0.39 is 5.97 Å². The normalized spacial score (nSPS) is 14.5. The first-order valence-electron chi connectivity index (χ1n) is 6.61. The third-order valence-electron chi connectivity index (χ3n) is 3.44. The van der Waals surface area contributed by atoms with Crippen molar-refractivity contribution in [1.29, 1.82) is 0 Å². The van der Waals surface area contributed by atoms with Gasteiger partial charge in [-0.1, -0.05) is 24.3 Å². The van der Waals surface area contributed by atoms with Gasteiger partial charge in [0.25, 0.3) is 0 Å². The van der Waals surface area contributed by atoms with Crippen molar-refractivity contribution in [1.82, 2.24) is 4.98 Å². The SMILES string of the molecule is Nc1ccc2cc(C3=CC=CC(C(=O)O)=CC3)ccc2n1. The van der Waals surface area contributed by atoms with Gasteiger partial charge in [-0.25, -0.2) is 9.78 Å². The molecule has 4 nitrogen and oxygen atoms in total. The molecule has 0 saturated carbocycles. The molecule has 3 N–H and O–H groups in total. The molecule has 104 valence electrons. The minimum absolute atomic E-state index is 0.316. The maximum atomic E-state index is 11.0. The lowest BCUT2D eigenvalue weighted by Gasteiger charge is -2.06. The van der Waals surface area contributed by atoms with Gasteiger partial charge in [-0.05, 0) is 47.9 Å². The zero-order chi connectivity index (χ0) is 14.8. The zero-order valence-corrected chi connectivity index (χ0v) is 11.3. The number of anilines is 1. The van der Waals surface area contributed by atoms with Crippen LogP contribution in [-0.2, 0) is 4.79 Å². The quantitative estimate of drug-likeness (QED) is 0.884. The summed E-state index contributed by atoms with van der Waals surface area (Å²) >= 11 is 0. The molecule has 0 radical (unpaired) electrons. The number of carboxylic acids is 1. The Balaban J connectivity index is 1.98. The summed E-state index contributed by atoms with van der Waals surface area (Å²) in [5.41, 5.74) is 8.97. The summed E-state index contributed by atoms with van der Waals surface area (Å²) in [4.78, 5) is 15.3. The average molecular weight is 278 g/mol. The van der Waals surface area contributed by atoms with E-state index in [2.05, 4.69) is 4.98 Å². The molecule has 3 rings (SSSR count). The van der Waals surface area contributed by atoms with Gasteiger partial charge in [0.2, 0.25) is 0 Å². The van der Waals surface area contributed by atoms with E-state index in [-0.39, 0.29) is 0 Å². The van der Waals surface area contributed by atoms with Gasteiger partial charge in [0, 0.05) is 5.39 Å². The number of benzene rings is 1. The molecule has 4 heteroatoms. The number of carboxylic acid groups (broad SMARTS) is 1. The van der Waals surface area contributed by atoms with Crippen LogP contribution in [0, 0.1) is 0 Å². The van der Waals surface area contributed by atoms with E-state index in [0.717, 1.165) is 22.0 Å². The second-order valence-corrected chi connectivity index (χ2v) is 4.86. The van der Waals surface area contributed by atoms with Crippen molar-refractivity contribution >= 4 is 28.3 Å². The molecule has 0 atom stereocenters. The highest BCUT2D eigenvalue weighted by molar-refractivity contribution is 5.91. The lowest BCUT2D eigenvalue weighted by atomic mass is 10.0. The van der Waals surface area contributed by atoms with Crippen LogP contribution < -0.4 is 5.73 Å². The van der Waals surface area contributed by atoms with Crippen LogP contribution in [-0.4, -0.2) is 16.1 Å². The Labute approximate surface area is 121 Å². The summed E-state index contributed by atoms with van der Waals surface area (Å²) < 4.78 is 0. The molecular weight excluding hydrogens is 264 g/mol. The predicted octanol–water partition coefficient (Wildman–Crippen LogP) is 3.17. The van der Waals surface area contributed by atoms with Gasteiger partial charge in [-0.2, -0.15) is 0 Å². The van der Waals surface area contributed by atoms with Gasteiger partial charge in [0.1, 0.15) is 5.82 Å². The van der Waals surface area contributed by atoms with Crippen molar-refractivity contribution < 1.29 is 9.90 Å². The van der Waals surface area contributed by atoms with E-state index in [4.69, 9.17) is 10.8 Å². The van der Waals surface area contributed by atoms with Crippen molar-refractivity contribution in [3.8, 4) is 0 Å². The van der Waals surface area contributed by atoms with Crippen LogP contribution in [0.2, 0.25) is 0 Å². The number of nitrogen functional groups attached to an aromatic ring is 1. The number of rotatable bonds is 2. The lowest BCUT2D eigenvalue weighted by Crippen LogP contribution is -1.96. The number of nitrogens with zero attached hydrogens (tertiary/aromatic N) is 1. The van der Waals surface area contributed by atoms with Gasteiger partial charge in [-0.15, -0.1) is 0 Å². The van der Waals surface area contributed by atoms with E-state index in [1.807, 2.05) is 30.3 Å². The Morgan fingerprint density at radius 1 is 1.24 bits per heavy atom. The van der Waals surface area contributed by atoms with Gasteiger partial charge < -0.3 is 10.8 Å². The summed E-state index contributed by atoms with van der Waals surface area (Å²) in [5, 5.41) is 10.0. The molecule has 2 aromatic rings. The third-order valence-corrected chi connectivity index (χ3v) is 3.44. The summed E-state index contributed by atoms with van der Waals surface area (Å²) in [6.45, 7) is 0. The van der Waals surface area contributed by atoms with Crippen molar-refractivity contribution in [2.75, 3.05) is 5.73 Å². The van der Waals surface area contributed by atoms with Crippen molar-refractivity contribution in [2.24, 2.45) is 0 Å². The van der Waals surface area contributed by atoms with Crippen LogP contribution in [0.15, 0.2) is 60.2 Å². The fourth-order valence-electron chi connectivity index (χ4n) is 2.34. The first-order chi connectivity index (χ1) is 10.1. The molecule has 1 heterocycles. The number of hydrogen-bond acceptors (Lipinski definition) is 3. The molecule has 0 unspecified atom stereocenters. The Bertz CT molecular complexity index is 817. The molecular formula is C17H14N2O2. The number of allylic oxidation sites excluding steroid dienone is 4. The molecule has 1 aromatic carbocycles. The molecule has 1 aliphatic rings. The minimum Gasteiger partial charge on any atom is -0.478 e. The van der Waals surface area contributed by atoms with Crippen molar-refractivity contribution in [3.63, 3.8) is 0 Å². The Morgan fingerprint density at radius 2 is 2.10 bits per heavy atom. The van der Waals surface area contributed by atoms with Crippen LogP contribution in [0.3, 0.4) is 0 Å². The van der Waals surface area contributed by atoms with Crippen LogP contribution in [0.1, 0.15) is 12.0 Å². The average Bonchev–Trinajstić information content (AvgIpc) is 2.72. The fraction of sp³-hybridized carbons (Fsp3) is 0.0588. The monoisotopic (exact) mass is 278 g/mol. The molecule has 0 aliphatic heterocycles. The summed E-state index contributed by atoms with van der Waals surface area (Å²) in [7, 11) is 0. The minimum atomic E-state index is -0.904. The first kappa shape index (κ1) is 13.1. The Hall–Kier alpha value is -2.88. The summed E-state index contributed by atoms with van der Waals surface area (Å²) in [5.74, 6) is -0.403. The third kappa shape index (κ3) is 2.69. The van der Waals surface area contributed by atoms with Crippen LogP contribution in [0.25, 0.3) is 16.5 Å². The second-order valence-electron chi connectivity index (χ2n) is 4.86. The second kappa shape index (κ2) is 5.25. The standard InChI is InChI=1S/C17H14N2O2/c18-16-9-7-14-10-13(6-8-15(14)19-16)11-2-1-3-12(5-4-11)17(20)21/h1-3,5-10H,4H2,(H2,18,19)(H,20,21). The number of aliphatic carboxylic acids is 1. The summed E-state index contributed by atoms with van der Waals surface area (Å²) in [6, 6.07) is 9.66.